The first-order valence-electron chi connectivity index (χ1n) is 6.93. The molecule has 0 bridgehead atoms. The highest BCUT2D eigenvalue weighted by atomic mass is 35.5. The number of rotatable bonds is 2. The van der Waals surface area contributed by atoms with E-state index in [2.05, 4.69) is 24.3 Å². The number of aryl methyl sites for hydroxylation is 1. The van der Waals surface area contributed by atoms with E-state index in [0.29, 0.717) is 16.0 Å². The molecule has 0 amide bonds. The van der Waals surface area contributed by atoms with Crippen LogP contribution in [0.4, 0.5) is 0 Å². The van der Waals surface area contributed by atoms with Gasteiger partial charge in [0, 0.05) is 6.04 Å². The van der Waals surface area contributed by atoms with Crippen molar-refractivity contribution in [3.63, 3.8) is 0 Å². The molecule has 2 unspecified atom stereocenters. The SMILES string of the molecule is NC(c1cccc(Cl)c1Cl)C1CCc2ccccc2C1. The molecule has 1 nitrogen and oxygen atoms in total. The van der Waals surface area contributed by atoms with E-state index in [4.69, 9.17) is 28.9 Å². The largest absolute Gasteiger partial charge is 0.324 e. The summed E-state index contributed by atoms with van der Waals surface area (Å²) in [6.45, 7) is 0. The summed E-state index contributed by atoms with van der Waals surface area (Å²) in [5, 5.41) is 1.18. The topological polar surface area (TPSA) is 26.0 Å². The number of hydrogen-bond donors (Lipinski definition) is 1. The highest BCUT2D eigenvalue weighted by Crippen LogP contribution is 2.37. The van der Waals surface area contributed by atoms with Crippen LogP contribution in [-0.2, 0) is 12.8 Å². The number of hydrogen-bond acceptors (Lipinski definition) is 1. The Kier molecular flexibility index (Phi) is 4.02. The van der Waals surface area contributed by atoms with Gasteiger partial charge in [0.15, 0.2) is 0 Å². The summed E-state index contributed by atoms with van der Waals surface area (Å²) in [7, 11) is 0. The van der Waals surface area contributed by atoms with Crippen LogP contribution in [-0.4, -0.2) is 0 Å². The fourth-order valence-electron chi connectivity index (χ4n) is 3.06. The van der Waals surface area contributed by atoms with Crippen LogP contribution in [0.2, 0.25) is 10.0 Å². The first-order valence-corrected chi connectivity index (χ1v) is 7.68. The maximum absolute atomic E-state index is 6.45. The van der Waals surface area contributed by atoms with Gasteiger partial charge >= 0.3 is 0 Å². The zero-order chi connectivity index (χ0) is 14.1. The summed E-state index contributed by atoms with van der Waals surface area (Å²) >= 11 is 12.4. The molecule has 2 atom stereocenters. The zero-order valence-corrected chi connectivity index (χ0v) is 12.7. The molecule has 0 fully saturated rings. The quantitative estimate of drug-likeness (QED) is 0.847. The van der Waals surface area contributed by atoms with Gasteiger partial charge < -0.3 is 5.73 Å². The molecule has 3 rings (SSSR count). The highest BCUT2D eigenvalue weighted by molar-refractivity contribution is 6.42. The summed E-state index contributed by atoms with van der Waals surface area (Å²) in [6, 6.07) is 14.3. The van der Waals surface area contributed by atoms with E-state index in [1.165, 1.54) is 11.1 Å². The molecule has 1 aliphatic carbocycles. The molecule has 0 heterocycles. The van der Waals surface area contributed by atoms with Gasteiger partial charge in [0.1, 0.15) is 0 Å². The second-order valence-corrected chi connectivity index (χ2v) is 6.23. The number of fused-ring (bicyclic) bond motifs is 1. The standard InChI is InChI=1S/C17H17Cl2N/c18-15-7-3-6-14(16(15)19)17(20)13-9-8-11-4-1-2-5-12(11)10-13/h1-7,13,17H,8-10,20H2. The fraction of sp³-hybridized carbons (Fsp3) is 0.294. The Morgan fingerprint density at radius 2 is 1.75 bits per heavy atom. The summed E-state index contributed by atoms with van der Waals surface area (Å²) in [5.41, 5.74) is 10.3. The Morgan fingerprint density at radius 3 is 2.55 bits per heavy atom. The molecular formula is C17H17Cl2N. The van der Waals surface area contributed by atoms with E-state index >= 15 is 0 Å². The Bertz CT molecular complexity index is 624. The molecule has 2 N–H and O–H groups in total. The monoisotopic (exact) mass is 305 g/mol. The molecule has 104 valence electrons. The van der Waals surface area contributed by atoms with E-state index in [9.17, 15) is 0 Å². The lowest BCUT2D eigenvalue weighted by atomic mass is 9.78. The lowest BCUT2D eigenvalue weighted by Crippen LogP contribution is -2.27. The van der Waals surface area contributed by atoms with E-state index in [-0.39, 0.29) is 6.04 Å². The first-order chi connectivity index (χ1) is 9.66. The van der Waals surface area contributed by atoms with Crippen molar-refractivity contribution in [3.8, 4) is 0 Å². The van der Waals surface area contributed by atoms with E-state index < -0.39 is 0 Å². The maximum atomic E-state index is 6.45. The minimum absolute atomic E-state index is 0.0606. The molecule has 0 saturated heterocycles. The first kappa shape index (κ1) is 13.9. The third-order valence-electron chi connectivity index (χ3n) is 4.23. The minimum Gasteiger partial charge on any atom is -0.324 e. The smallest absolute Gasteiger partial charge is 0.0640 e. The van der Waals surface area contributed by atoms with Crippen molar-refractivity contribution in [2.24, 2.45) is 11.7 Å². The lowest BCUT2D eigenvalue weighted by Gasteiger charge is -2.30. The van der Waals surface area contributed by atoms with Gasteiger partial charge in [-0.25, -0.2) is 0 Å². The molecule has 2 aromatic carbocycles. The predicted octanol–water partition coefficient (Wildman–Crippen LogP) is 4.80. The van der Waals surface area contributed by atoms with Gasteiger partial charge in [-0.2, -0.15) is 0 Å². The van der Waals surface area contributed by atoms with Gasteiger partial charge in [-0.1, -0.05) is 59.6 Å². The molecule has 0 saturated carbocycles. The van der Waals surface area contributed by atoms with Gasteiger partial charge in [-0.3, -0.25) is 0 Å². The van der Waals surface area contributed by atoms with Gasteiger partial charge in [-0.05, 0) is 47.9 Å². The zero-order valence-electron chi connectivity index (χ0n) is 11.2. The molecule has 3 heteroatoms. The predicted molar refractivity (Wildman–Crippen MR) is 85.3 cm³/mol. The summed E-state index contributed by atoms with van der Waals surface area (Å²) < 4.78 is 0. The van der Waals surface area contributed by atoms with Crippen LogP contribution in [0.5, 0.6) is 0 Å². The molecule has 0 aliphatic heterocycles. The van der Waals surface area contributed by atoms with Gasteiger partial charge in [0.05, 0.1) is 10.0 Å². The average molecular weight is 306 g/mol. The number of halogens is 2. The van der Waals surface area contributed by atoms with Crippen molar-refractivity contribution in [1.29, 1.82) is 0 Å². The van der Waals surface area contributed by atoms with Crippen LogP contribution in [0.1, 0.15) is 29.2 Å². The fourth-order valence-corrected chi connectivity index (χ4v) is 3.50. The van der Waals surface area contributed by atoms with Crippen LogP contribution in [0.3, 0.4) is 0 Å². The third kappa shape index (κ3) is 2.58. The summed E-state index contributed by atoms with van der Waals surface area (Å²) in [4.78, 5) is 0. The van der Waals surface area contributed by atoms with Crippen molar-refractivity contribution in [2.45, 2.75) is 25.3 Å². The minimum atomic E-state index is -0.0606. The van der Waals surface area contributed by atoms with E-state index in [0.717, 1.165) is 24.8 Å². The van der Waals surface area contributed by atoms with Crippen molar-refractivity contribution >= 4 is 23.2 Å². The van der Waals surface area contributed by atoms with Crippen LogP contribution < -0.4 is 5.73 Å². The molecule has 20 heavy (non-hydrogen) atoms. The molecule has 0 radical (unpaired) electrons. The van der Waals surface area contributed by atoms with Crippen LogP contribution in [0.25, 0.3) is 0 Å². The van der Waals surface area contributed by atoms with Gasteiger partial charge in [0.25, 0.3) is 0 Å². The molecule has 2 aromatic rings. The number of nitrogens with two attached hydrogens (primary N) is 1. The Labute approximate surface area is 129 Å². The van der Waals surface area contributed by atoms with Crippen LogP contribution >= 0.6 is 23.2 Å². The van der Waals surface area contributed by atoms with Crippen molar-refractivity contribution in [3.05, 3.63) is 69.2 Å². The van der Waals surface area contributed by atoms with Crippen molar-refractivity contribution < 1.29 is 0 Å². The average Bonchev–Trinajstić information content (AvgIpc) is 2.49. The normalized spacial score (nSPS) is 19.4. The highest BCUT2D eigenvalue weighted by Gasteiger charge is 2.26. The van der Waals surface area contributed by atoms with E-state index in [1.54, 1.807) is 6.07 Å². The van der Waals surface area contributed by atoms with E-state index in [1.807, 2.05) is 12.1 Å². The second kappa shape index (κ2) is 5.77. The summed E-state index contributed by atoms with van der Waals surface area (Å²) in [6.07, 6.45) is 3.20. The van der Waals surface area contributed by atoms with Crippen molar-refractivity contribution in [1.82, 2.24) is 0 Å². The van der Waals surface area contributed by atoms with Crippen molar-refractivity contribution in [2.75, 3.05) is 0 Å². The Balaban J connectivity index is 1.86. The van der Waals surface area contributed by atoms with Gasteiger partial charge in [-0.15, -0.1) is 0 Å². The van der Waals surface area contributed by atoms with Gasteiger partial charge in [0.2, 0.25) is 0 Å². The molecular weight excluding hydrogens is 289 g/mol. The van der Waals surface area contributed by atoms with Crippen LogP contribution in [0, 0.1) is 5.92 Å². The van der Waals surface area contributed by atoms with Crippen LogP contribution in [0.15, 0.2) is 42.5 Å². The Morgan fingerprint density at radius 1 is 1.00 bits per heavy atom. The molecule has 1 aliphatic rings. The number of benzene rings is 2. The third-order valence-corrected chi connectivity index (χ3v) is 5.07. The second-order valence-electron chi connectivity index (χ2n) is 5.44. The Hall–Kier alpha value is -1.02. The summed E-state index contributed by atoms with van der Waals surface area (Å²) in [5.74, 6) is 0.417. The molecule has 0 aromatic heterocycles. The maximum Gasteiger partial charge on any atom is 0.0640 e. The molecule has 0 spiro atoms. The lowest BCUT2D eigenvalue weighted by molar-refractivity contribution is 0.382.